The van der Waals surface area contributed by atoms with Crippen LogP contribution >= 0.6 is 0 Å². The van der Waals surface area contributed by atoms with Gasteiger partial charge < -0.3 is 9.84 Å². The van der Waals surface area contributed by atoms with Gasteiger partial charge in [0.05, 0.1) is 11.2 Å². The summed E-state index contributed by atoms with van der Waals surface area (Å²) in [5, 5.41) is 7.69. The molecule has 2 fully saturated rings. The summed E-state index contributed by atoms with van der Waals surface area (Å²) in [5.74, 6) is 1.03. The summed E-state index contributed by atoms with van der Waals surface area (Å²) in [6.45, 7) is 0. The molecule has 1 aromatic heterocycles. The molecule has 2 atom stereocenters. The Balaban J connectivity index is 1.33. The standard InChI is InChI=1S/C24H24N2O2/c27-23(25-24(14-15-24)18-10-5-2-6-11-18)20-13-7-12-19(20)21-16-22(28-26-21)17-8-3-1-4-9-17/h1-6,8-11,16,19-20H,7,12-15H2,(H,25,27)/t19-,20-/m1/s1. The Labute approximate surface area is 164 Å². The van der Waals surface area contributed by atoms with Crippen molar-refractivity contribution < 1.29 is 9.32 Å². The Morgan fingerprint density at radius 2 is 1.71 bits per heavy atom. The van der Waals surface area contributed by atoms with Gasteiger partial charge in [-0.2, -0.15) is 0 Å². The van der Waals surface area contributed by atoms with Gasteiger partial charge in [-0.05, 0) is 31.2 Å². The topological polar surface area (TPSA) is 55.1 Å². The molecule has 2 aromatic carbocycles. The molecule has 4 nitrogen and oxygen atoms in total. The molecule has 0 unspecified atom stereocenters. The lowest BCUT2D eigenvalue weighted by atomic mass is 9.91. The van der Waals surface area contributed by atoms with Gasteiger partial charge in [-0.25, -0.2) is 0 Å². The normalized spacial score (nSPS) is 22.7. The predicted molar refractivity (Wildman–Crippen MR) is 108 cm³/mol. The largest absolute Gasteiger partial charge is 0.356 e. The van der Waals surface area contributed by atoms with Crippen molar-refractivity contribution in [3.8, 4) is 11.3 Å². The fourth-order valence-corrected chi connectivity index (χ4v) is 4.53. The Morgan fingerprint density at radius 1 is 1.00 bits per heavy atom. The first-order valence-electron chi connectivity index (χ1n) is 10.1. The molecular weight excluding hydrogens is 348 g/mol. The van der Waals surface area contributed by atoms with Crippen molar-refractivity contribution >= 4 is 5.91 Å². The number of nitrogens with zero attached hydrogens (tertiary/aromatic N) is 1. The first-order chi connectivity index (χ1) is 13.8. The maximum absolute atomic E-state index is 13.2. The van der Waals surface area contributed by atoms with Crippen LogP contribution in [-0.2, 0) is 10.3 Å². The molecule has 1 heterocycles. The zero-order valence-corrected chi connectivity index (χ0v) is 15.8. The summed E-state index contributed by atoms with van der Waals surface area (Å²) >= 11 is 0. The molecule has 0 radical (unpaired) electrons. The number of carbonyl (C=O) groups is 1. The second-order valence-electron chi connectivity index (χ2n) is 8.06. The van der Waals surface area contributed by atoms with Crippen LogP contribution in [0.3, 0.4) is 0 Å². The number of benzene rings is 2. The molecule has 2 saturated carbocycles. The minimum atomic E-state index is -0.162. The molecule has 28 heavy (non-hydrogen) atoms. The first kappa shape index (κ1) is 17.2. The monoisotopic (exact) mass is 372 g/mol. The Bertz CT molecular complexity index is 961. The third-order valence-corrected chi connectivity index (χ3v) is 6.26. The van der Waals surface area contributed by atoms with Crippen LogP contribution < -0.4 is 5.32 Å². The summed E-state index contributed by atoms with van der Waals surface area (Å²) in [6, 6.07) is 22.3. The van der Waals surface area contributed by atoms with Crippen molar-refractivity contribution in [2.24, 2.45) is 5.92 Å². The second kappa shape index (κ2) is 6.93. The van der Waals surface area contributed by atoms with Gasteiger partial charge >= 0.3 is 0 Å². The zero-order chi connectivity index (χ0) is 19.0. The van der Waals surface area contributed by atoms with Crippen LogP contribution in [-0.4, -0.2) is 11.1 Å². The van der Waals surface area contributed by atoms with E-state index < -0.39 is 0 Å². The number of hydrogen-bond acceptors (Lipinski definition) is 3. The van der Waals surface area contributed by atoms with E-state index in [2.05, 4.69) is 22.6 Å². The van der Waals surface area contributed by atoms with E-state index in [1.54, 1.807) is 0 Å². The summed E-state index contributed by atoms with van der Waals surface area (Å²) in [5.41, 5.74) is 2.97. The molecule has 3 aromatic rings. The van der Waals surface area contributed by atoms with E-state index >= 15 is 0 Å². The maximum atomic E-state index is 13.2. The highest BCUT2D eigenvalue weighted by atomic mass is 16.5. The van der Waals surface area contributed by atoms with E-state index in [4.69, 9.17) is 4.52 Å². The van der Waals surface area contributed by atoms with Gasteiger partial charge in [0.25, 0.3) is 0 Å². The number of aromatic nitrogens is 1. The van der Waals surface area contributed by atoms with E-state index in [0.717, 1.165) is 49.1 Å². The lowest BCUT2D eigenvalue weighted by Crippen LogP contribution is -2.39. The summed E-state index contributed by atoms with van der Waals surface area (Å²) in [6.07, 6.45) is 4.98. The van der Waals surface area contributed by atoms with Gasteiger partial charge in [0.1, 0.15) is 0 Å². The third-order valence-electron chi connectivity index (χ3n) is 6.26. The molecule has 0 saturated heterocycles. The van der Waals surface area contributed by atoms with Gasteiger partial charge in [-0.1, -0.05) is 72.2 Å². The van der Waals surface area contributed by atoms with Crippen LogP contribution in [0.1, 0.15) is 49.3 Å². The minimum Gasteiger partial charge on any atom is -0.356 e. The Kier molecular flexibility index (Phi) is 4.27. The van der Waals surface area contributed by atoms with Crippen molar-refractivity contribution in [1.29, 1.82) is 0 Å². The van der Waals surface area contributed by atoms with Crippen LogP contribution in [0.25, 0.3) is 11.3 Å². The van der Waals surface area contributed by atoms with Crippen LogP contribution in [0.4, 0.5) is 0 Å². The van der Waals surface area contributed by atoms with Crippen molar-refractivity contribution in [3.63, 3.8) is 0 Å². The predicted octanol–water partition coefficient (Wildman–Crippen LogP) is 5.03. The van der Waals surface area contributed by atoms with Crippen molar-refractivity contribution in [3.05, 3.63) is 78.0 Å². The van der Waals surface area contributed by atoms with Crippen LogP contribution in [0, 0.1) is 5.92 Å². The van der Waals surface area contributed by atoms with Gasteiger partial charge in [-0.3, -0.25) is 4.79 Å². The van der Waals surface area contributed by atoms with Crippen molar-refractivity contribution in [1.82, 2.24) is 10.5 Å². The Hall–Kier alpha value is -2.88. The Morgan fingerprint density at radius 3 is 2.43 bits per heavy atom. The van der Waals surface area contributed by atoms with Crippen molar-refractivity contribution in [2.45, 2.75) is 43.6 Å². The van der Waals surface area contributed by atoms with Crippen LogP contribution in [0.15, 0.2) is 71.3 Å². The molecule has 0 aliphatic heterocycles. The SMILES string of the molecule is O=C(NC1(c2ccccc2)CC1)[C@@H]1CCC[C@H]1c1cc(-c2ccccc2)on1. The van der Waals surface area contributed by atoms with E-state index in [1.807, 2.05) is 54.6 Å². The second-order valence-corrected chi connectivity index (χ2v) is 8.06. The molecule has 0 bridgehead atoms. The maximum Gasteiger partial charge on any atom is 0.224 e. The molecule has 4 heteroatoms. The fourth-order valence-electron chi connectivity index (χ4n) is 4.53. The van der Waals surface area contributed by atoms with Gasteiger partial charge in [-0.15, -0.1) is 0 Å². The zero-order valence-electron chi connectivity index (χ0n) is 15.8. The molecule has 0 spiro atoms. The molecule has 5 rings (SSSR count). The number of carbonyl (C=O) groups excluding carboxylic acids is 1. The molecule has 2 aliphatic carbocycles. The van der Waals surface area contributed by atoms with Crippen LogP contribution in [0.5, 0.6) is 0 Å². The van der Waals surface area contributed by atoms with Gasteiger partial charge in [0, 0.05) is 23.5 Å². The average Bonchev–Trinajstić information content (AvgIpc) is 3.16. The molecule has 2 aliphatic rings. The average molecular weight is 372 g/mol. The lowest BCUT2D eigenvalue weighted by molar-refractivity contribution is -0.126. The molecular formula is C24H24N2O2. The summed E-state index contributed by atoms with van der Waals surface area (Å²) in [4.78, 5) is 13.2. The van der Waals surface area contributed by atoms with E-state index in [1.165, 1.54) is 5.56 Å². The quantitative estimate of drug-likeness (QED) is 0.683. The molecule has 142 valence electrons. The summed E-state index contributed by atoms with van der Waals surface area (Å²) < 4.78 is 5.59. The highest BCUT2D eigenvalue weighted by Crippen LogP contribution is 2.47. The highest BCUT2D eigenvalue weighted by Gasteiger charge is 2.47. The highest BCUT2D eigenvalue weighted by molar-refractivity contribution is 5.81. The fraction of sp³-hybridized carbons (Fsp3) is 0.333. The third kappa shape index (κ3) is 3.13. The number of hydrogen-bond donors (Lipinski definition) is 1. The smallest absolute Gasteiger partial charge is 0.224 e. The van der Waals surface area contributed by atoms with E-state index in [-0.39, 0.29) is 23.3 Å². The van der Waals surface area contributed by atoms with Crippen molar-refractivity contribution in [2.75, 3.05) is 0 Å². The lowest BCUT2D eigenvalue weighted by Gasteiger charge is -2.23. The number of nitrogens with one attached hydrogen (secondary N) is 1. The minimum absolute atomic E-state index is 0.0325. The van der Waals surface area contributed by atoms with Crippen LogP contribution in [0.2, 0.25) is 0 Å². The van der Waals surface area contributed by atoms with Gasteiger partial charge in [0.2, 0.25) is 5.91 Å². The molecule has 1 N–H and O–H groups in total. The number of rotatable bonds is 5. The summed E-state index contributed by atoms with van der Waals surface area (Å²) in [7, 11) is 0. The molecule has 1 amide bonds. The van der Waals surface area contributed by atoms with E-state index in [9.17, 15) is 4.79 Å². The van der Waals surface area contributed by atoms with E-state index in [0.29, 0.717) is 0 Å². The van der Waals surface area contributed by atoms with Gasteiger partial charge in [0.15, 0.2) is 5.76 Å². The number of amides is 1. The first-order valence-corrected chi connectivity index (χ1v) is 10.1.